The predicted molar refractivity (Wildman–Crippen MR) is 99.3 cm³/mol. The average molecular weight is 355 g/mol. The molecule has 138 valence electrons. The highest BCUT2D eigenvalue weighted by Crippen LogP contribution is 2.22. The zero-order chi connectivity index (χ0) is 18.4. The van der Waals surface area contributed by atoms with Gasteiger partial charge in [-0.05, 0) is 35.4 Å². The molecular formula is C21H25NO4. The van der Waals surface area contributed by atoms with E-state index in [-0.39, 0.29) is 18.6 Å². The summed E-state index contributed by atoms with van der Waals surface area (Å²) in [7, 11) is 1.64. The van der Waals surface area contributed by atoms with Crippen molar-refractivity contribution < 1.29 is 19.4 Å². The lowest BCUT2D eigenvalue weighted by Gasteiger charge is -2.32. The number of aliphatic hydroxyl groups is 1. The zero-order valence-electron chi connectivity index (χ0n) is 15.1. The van der Waals surface area contributed by atoms with Crippen molar-refractivity contribution in [1.29, 1.82) is 0 Å². The molecule has 1 N–H and O–H groups in total. The lowest BCUT2D eigenvalue weighted by atomic mass is 10.0. The van der Waals surface area contributed by atoms with Crippen molar-refractivity contribution in [3.63, 3.8) is 0 Å². The van der Waals surface area contributed by atoms with Crippen LogP contribution in [0.4, 0.5) is 0 Å². The molecule has 0 saturated carbocycles. The van der Waals surface area contributed by atoms with Gasteiger partial charge in [-0.3, -0.25) is 4.79 Å². The number of hydrogen-bond acceptors (Lipinski definition) is 4. The number of rotatable bonds is 6. The Kier molecular flexibility index (Phi) is 6.12. The molecule has 0 atom stereocenters. The lowest BCUT2D eigenvalue weighted by molar-refractivity contribution is -0.132. The number of likely N-dealkylation sites (tertiary alicyclic amines) is 1. The van der Waals surface area contributed by atoms with E-state index in [1.807, 2.05) is 53.4 Å². The van der Waals surface area contributed by atoms with Gasteiger partial charge >= 0.3 is 0 Å². The summed E-state index contributed by atoms with van der Waals surface area (Å²) in [6, 6.07) is 15.1. The number of ether oxygens (including phenoxy) is 2. The molecule has 1 aliphatic heterocycles. The fourth-order valence-corrected chi connectivity index (χ4v) is 3.12. The predicted octanol–water partition coefficient (Wildman–Crippen LogP) is 2.80. The van der Waals surface area contributed by atoms with Crippen LogP contribution in [0.2, 0.25) is 0 Å². The van der Waals surface area contributed by atoms with Gasteiger partial charge in [0, 0.05) is 25.9 Å². The van der Waals surface area contributed by atoms with Crippen LogP contribution < -0.4 is 9.47 Å². The maximum atomic E-state index is 12.5. The van der Waals surface area contributed by atoms with Gasteiger partial charge in [0.15, 0.2) is 0 Å². The van der Waals surface area contributed by atoms with Gasteiger partial charge in [-0.15, -0.1) is 0 Å². The summed E-state index contributed by atoms with van der Waals surface area (Å²) in [5.74, 6) is 1.79. The Labute approximate surface area is 154 Å². The first-order chi connectivity index (χ1) is 12.7. The Bertz CT molecular complexity index is 704. The van der Waals surface area contributed by atoms with Gasteiger partial charge in [-0.2, -0.15) is 0 Å². The molecule has 0 aliphatic carbocycles. The molecule has 0 spiro atoms. The van der Waals surface area contributed by atoms with Gasteiger partial charge in [0.25, 0.3) is 0 Å². The summed E-state index contributed by atoms with van der Waals surface area (Å²) < 4.78 is 11.2. The third-order valence-electron chi connectivity index (χ3n) is 4.72. The molecule has 1 aliphatic rings. The number of carbonyl (C=O) groups excluding carboxylic acids is 1. The third kappa shape index (κ3) is 4.76. The summed E-state index contributed by atoms with van der Waals surface area (Å²) in [5, 5.41) is 9.08. The van der Waals surface area contributed by atoms with Crippen molar-refractivity contribution in [3.05, 3.63) is 59.7 Å². The number of methoxy groups -OCH3 is 1. The summed E-state index contributed by atoms with van der Waals surface area (Å²) in [6.45, 7) is 1.46. The van der Waals surface area contributed by atoms with Gasteiger partial charge < -0.3 is 19.5 Å². The van der Waals surface area contributed by atoms with Crippen molar-refractivity contribution in [3.8, 4) is 11.5 Å². The van der Waals surface area contributed by atoms with Crippen molar-refractivity contribution in [2.45, 2.75) is 32.0 Å². The van der Waals surface area contributed by atoms with Gasteiger partial charge in [0.2, 0.25) is 5.91 Å². The molecule has 0 bridgehead atoms. The van der Waals surface area contributed by atoms with Gasteiger partial charge in [0.05, 0.1) is 20.1 Å². The molecule has 5 nitrogen and oxygen atoms in total. The number of aliphatic hydroxyl groups excluding tert-OH is 1. The summed E-state index contributed by atoms with van der Waals surface area (Å²) >= 11 is 0. The van der Waals surface area contributed by atoms with Gasteiger partial charge in [0.1, 0.15) is 17.6 Å². The highest BCUT2D eigenvalue weighted by Gasteiger charge is 2.24. The molecule has 1 saturated heterocycles. The minimum Gasteiger partial charge on any atom is -0.497 e. The minimum atomic E-state index is 0.0237. The summed E-state index contributed by atoms with van der Waals surface area (Å²) in [4.78, 5) is 14.4. The maximum absolute atomic E-state index is 12.5. The average Bonchev–Trinajstić information content (AvgIpc) is 2.69. The topological polar surface area (TPSA) is 59.0 Å². The Hall–Kier alpha value is -2.53. The normalized spacial score (nSPS) is 14.9. The van der Waals surface area contributed by atoms with Crippen LogP contribution >= 0.6 is 0 Å². The SMILES string of the molecule is COc1ccc(OC2CCN(C(=O)Cc3ccc(CO)cc3)CC2)cc1. The number of piperidine rings is 1. The van der Waals surface area contributed by atoms with E-state index >= 15 is 0 Å². The minimum absolute atomic E-state index is 0.0237. The van der Waals surface area contributed by atoms with E-state index in [1.165, 1.54) is 0 Å². The quantitative estimate of drug-likeness (QED) is 0.866. The second-order valence-electron chi connectivity index (χ2n) is 6.52. The first-order valence-corrected chi connectivity index (χ1v) is 8.95. The van der Waals surface area contributed by atoms with Crippen LogP contribution in [-0.2, 0) is 17.8 Å². The monoisotopic (exact) mass is 355 g/mol. The van der Waals surface area contributed by atoms with E-state index in [4.69, 9.17) is 14.6 Å². The first kappa shape index (κ1) is 18.3. The standard InChI is InChI=1S/C21H25NO4/c1-25-18-6-8-19(9-7-18)26-20-10-12-22(13-11-20)21(24)14-16-2-4-17(15-23)5-3-16/h2-9,20,23H,10-15H2,1H3. The summed E-state index contributed by atoms with van der Waals surface area (Å²) in [5.41, 5.74) is 1.83. The number of nitrogens with zero attached hydrogens (tertiary/aromatic N) is 1. The number of amides is 1. The zero-order valence-corrected chi connectivity index (χ0v) is 15.1. The van der Waals surface area contributed by atoms with E-state index in [9.17, 15) is 4.79 Å². The summed E-state index contributed by atoms with van der Waals surface area (Å²) in [6.07, 6.45) is 2.20. The molecule has 1 amide bonds. The van der Waals surface area contributed by atoms with Crippen LogP contribution in [-0.4, -0.2) is 42.2 Å². The Morgan fingerprint density at radius 1 is 1.00 bits per heavy atom. The van der Waals surface area contributed by atoms with Gasteiger partial charge in [-0.25, -0.2) is 0 Å². The smallest absolute Gasteiger partial charge is 0.226 e. The maximum Gasteiger partial charge on any atom is 0.226 e. The molecule has 0 aromatic heterocycles. The first-order valence-electron chi connectivity index (χ1n) is 8.95. The fourth-order valence-electron chi connectivity index (χ4n) is 3.12. The molecule has 5 heteroatoms. The molecule has 26 heavy (non-hydrogen) atoms. The molecule has 0 unspecified atom stereocenters. The Balaban J connectivity index is 1.46. The highest BCUT2D eigenvalue weighted by molar-refractivity contribution is 5.78. The number of hydrogen-bond donors (Lipinski definition) is 1. The molecule has 2 aromatic rings. The Morgan fingerprint density at radius 3 is 2.15 bits per heavy atom. The molecule has 1 fully saturated rings. The molecular weight excluding hydrogens is 330 g/mol. The number of benzene rings is 2. The molecule has 3 rings (SSSR count). The molecule has 2 aromatic carbocycles. The van der Waals surface area contributed by atoms with E-state index in [1.54, 1.807) is 7.11 Å². The molecule has 0 radical (unpaired) electrons. The van der Waals surface area contributed by atoms with Crippen LogP contribution in [0.3, 0.4) is 0 Å². The van der Waals surface area contributed by atoms with Crippen LogP contribution in [0, 0.1) is 0 Å². The second kappa shape index (κ2) is 8.72. The van der Waals surface area contributed by atoms with E-state index in [2.05, 4.69) is 0 Å². The van der Waals surface area contributed by atoms with E-state index in [0.717, 1.165) is 35.5 Å². The lowest BCUT2D eigenvalue weighted by Crippen LogP contribution is -2.42. The van der Waals surface area contributed by atoms with Crippen molar-refractivity contribution in [2.75, 3.05) is 20.2 Å². The largest absolute Gasteiger partial charge is 0.497 e. The highest BCUT2D eigenvalue weighted by atomic mass is 16.5. The van der Waals surface area contributed by atoms with Crippen LogP contribution in [0.1, 0.15) is 24.0 Å². The number of carbonyl (C=O) groups is 1. The van der Waals surface area contributed by atoms with Crippen molar-refractivity contribution in [1.82, 2.24) is 4.90 Å². The Morgan fingerprint density at radius 2 is 1.58 bits per heavy atom. The van der Waals surface area contributed by atoms with E-state index < -0.39 is 0 Å². The van der Waals surface area contributed by atoms with E-state index in [0.29, 0.717) is 19.5 Å². The van der Waals surface area contributed by atoms with Crippen molar-refractivity contribution in [2.24, 2.45) is 0 Å². The van der Waals surface area contributed by atoms with Crippen LogP contribution in [0.25, 0.3) is 0 Å². The third-order valence-corrected chi connectivity index (χ3v) is 4.72. The van der Waals surface area contributed by atoms with Crippen molar-refractivity contribution >= 4 is 5.91 Å². The second-order valence-corrected chi connectivity index (χ2v) is 6.52. The van der Waals surface area contributed by atoms with Crippen LogP contribution in [0.5, 0.6) is 11.5 Å². The molecule has 1 heterocycles. The van der Waals surface area contributed by atoms with Gasteiger partial charge in [-0.1, -0.05) is 24.3 Å². The van der Waals surface area contributed by atoms with Crippen LogP contribution in [0.15, 0.2) is 48.5 Å². The fraction of sp³-hybridized carbons (Fsp3) is 0.381.